The van der Waals surface area contributed by atoms with E-state index in [1.165, 1.54) is 24.3 Å². The van der Waals surface area contributed by atoms with Crippen molar-refractivity contribution in [3.8, 4) is 0 Å². The lowest BCUT2D eigenvalue weighted by atomic mass is 9.90. The highest BCUT2D eigenvalue weighted by molar-refractivity contribution is 6.04. The van der Waals surface area contributed by atoms with Crippen LogP contribution in [0.3, 0.4) is 0 Å². The van der Waals surface area contributed by atoms with Crippen LogP contribution in [-0.2, 0) is 11.3 Å². The minimum absolute atomic E-state index is 0.0472. The molecule has 0 aliphatic heterocycles. The van der Waals surface area contributed by atoms with Crippen LogP contribution in [0, 0.1) is 10.1 Å². The monoisotopic (exact) mass is 410 g/mol. The molecular weight excluding hydrogens is 384 g/mol. The first-order valence-corrected chi connectivity index (χ1v) is 10.0. The van der Waals surface area contributed by atoms with Gasteiger partial charge in [0.2, 0.25) is 5.91 Å². The highest BCUT2D eigenvalue weighted by Gasteiger charge is 2.26. The summed E-state index contributed by atoms with van der Waals surface area (Å²) in [5, 5.41) is 13.5. The van der Waals surface area contributed by atoms with E-state index in [1.807, 2.05) is 17.0 Å². The number of rotatable bonds is 6. The number of anilines is 1. The summed E-state index contributed by atoms with van der Waals surface area (Å²) < 4.78 is 0. The van der Waals surface area contributed by atoms with Gasteiger partial charge in [0, 0.05) is 48.9 Å². The number of benzene rings is 2. The van der Waals surface area contributed by atoms with Crippen molar-refractivity contribution in [2.45, 2.75) is 51.2 Å². The zero-order valence-electron chi connectivity index (χ0n) is 16.9. The van der Waals surface area contributed by atoms with Gasteiger partial charge in [-0.3, -0.25) is 19.7 Å². The molecule has 8 heteroatoms. The van der Waals surface area contributed by atoms with E-state index < -0.39 is 4.92 Å². The third kappa shape index (κ3) is 5.42. The Bertz CT molecular complexity index is 904. The largest absolute Gasteiger partial charge is 0.336 e. The molecule has 0 aromatic heterocycles. The first-order valence-electron chi connectivity index (χ1n) is 10.0. The number of hydrogen-bond acceptors (Lipinski definition) is 5. The predicted octanol–water partition coefficient (Wildman–Crippen LogP) is 3.47. The third-order valence-corrected chi connectivity index (χ3v) is 5.49. The normalized spacial score (nSPS) is 18.5. The molecule has 0 saturated heterocycles. The van der Waals surface area contributed by atoms with E-state index in [0.717, 1.165) is 31.2 Å². The van der Waals surface area contributed by atoms with Gasteiger partial charge in [-0.1, -0.05) is 12.1 Å². The summed E-state index contributed by atoms with van der Waals surface area (Å²) in [6.07, 6.45) is 3.71. The highest BCUT2D eigenvalue weighted by Crippen LogP contribution is 2.24. The molecule has 30 heavy (non-hydrogen) atoms. The Morgan fingerprint density at radius 3 is 2.20 bits per heavy atom. The minimum Gasteiger partial charge on any atom is -0.336 e. The molecule has 3 rings (SSSR count). The Morgan fingerprint density at radius 2 is 1.67 bits per heavy atom. The van der Waals surface area contributed by atoms with Gasteiger partial charge in [0.15, 0.2) is 0 Å². The van der Waals surface area contributed by atoms with Gasteiger partial charge < -0.3 is 16.0 Å². The first-order chi connectivity index (χ1) is 14.3. The molecule has 1 saturated carbocycles. The zero-order chi connectivity index (χ0) is 21.7. The molecule has 0 heterocycles. The van der Waals surface area contributed by atoms with E-state index in [2.05, 4.69) is 5.32 Å². The second-order valence-electron chi connectivity index (χ2n) is 7.67. The van der Waals surface area contributed by atoms with Crippen molar-refractivity contribution in [2.75, 3.05) is 5.32 Å². The quantitative estimate of drug-likeness (QED) is 0.558. The van der Waals surface area contributed by atoms with Crippen LogP contribution in [0.2, 0.25) is 0 Å². The fourth-order valence-corrected chi connectivity index (χ4v) is 3.74. The fourth-order valence-electron chi connectivity index (χ4n) is 3.74. The first kappa shape index (κ1) is 21.4. The highest BCUT2D eigenvalue weighted by atomic mass is 16.6. The standard InChI is InChI=1S/C22H26N4O4/c1-15(27)25(20-12-6-18(23)7-13-20)14-16-2-8-19(9-3-16)24-22(28)17-4-10-21(11-5-17)26(29)30/h2-5,8-11,18,20H,6-7,12-14,23H2,1H3,(H,24,28). The van der Waals surface area contributed by atoms with Gasteiger partial charge in [0.1, 0.15) is 0 Å². The molecule has 2 amide bonds. The molecule has 8 nitrogen and oxygen atoms in total. The molecule has 0 radical (unpaired) electrons. The van der Waals surface area contributed by atoms with Crippen molar-refractivity contribution in [1.29, 1.82) is 0 Å². The molecule has 3 N–H and O–H groups in total. The maximum absolute atomic E-state index is 12.3. The molecule has 2 aromatic carbocycles. The number of hydrogen-bond donors (Lipinski definition) is 2. The number of carbonyl (C=O) groups excluding carboxylic acids is 2. The maximum Gasteiger partial charge on any atom is 0.269 e. The molecule has 158 valence electrons. The number of nitrogens with zero attached hydrogens (tertiary/aromatic N) is 2. The van der Waals surface area contributed by atoms with Gasteiger partial charge in [-0.25, -0.2) is 0 Å². The SMILES string of the molecule is CC(=O)N(Cc1ccc(NC(=O)c2ccc([N+](=O)[O-])cc2)cc1)C1CCC(N)CC1. The van der Waals surface area contributed by atoms with Gasteiger partial charge in [0.25, 0.3) is 11.6 Å². The number of carbonyl (C=O) groups is 2. The van der Waals surface area contributed by atoms with Gasteiger partial charge >= 0.3 is 0 Å². The van der Waals surface area contributed by atoms with Crippen molar-refractivity contribution in [3.05, 3.63) is 69.8 Å². The second kappa shape index (κ2) is 9.49. The number of nitro groups is 1. The van der Waals surface area contributed by atoms with Gasteiger partial charge in [-0.15, -0.1) is 0 Å². The molecule has 0 spiro atoms. The summed E-state index contributed by atoms with van der Waals surface area (Å²) in [5.74, 6) is -0.299. The molecular formula is C22H26N4O4. The van der Waals surface area contributed by atoms with Gasteiger partial charge in [0.05, 0.1) is 4.92 Å². The Labute approximate surface area is 175 Å². The molecule has 0 atom stereocenters. The zero-order valence-corrected chi connectivity index (χ0v) is 16.9. The lowest BCUT2D eigenvalue weighted by Crippen LogP contribution is -2.42. The van der Waals surface area contributed by atoms with Crippen molar-refractivity contribution in [3.63, 3.8) is 0 Å². The molecule has 1 aliphatic carbocycles. The number of nitrogens with two attached hydrogens (primary N) is 1. The maximum atomic E-state index is 12.3. The van der Waals surface area contributed by atoms with Gasteiger partial charge in [-0.05, 0) is 55.5 Å². The summed E-state index contributed by atoms with van der Waals surface area (Å²) in [5.41, 5.74) is 7.84. The van der Waals surface area contributed by atoms with E-state index in [4.69, 9.17) is 5.73 Å². The topological polar surface area (TPSA) is 119 Å². The lowest BCUT2D eigenvalue weighted by Gasteiger charge is -2.35. The Hall–Kier alpha value is -3.26. The van der Waals surface area contributed by atoms with Gasteiger partial charge in [-0.2, -0.15) is 0 Å². The van der Waals surface area contributed by atoms with Crippen LogP contribution >= 0.6 is 0 Å². The van der Waals surface area contributed by atoms with E-state index in [0.29, 0.717) is 17.8 Å². The minimum atomic E-state index is -0.508. The number of nitro benzene ring substituents is 1. The third-order valence-electron chi connectivity index (χ3n) is 5.49. The summed E-state index contributed by atoms with van der Waals surface area (Å²) in [6.45, 7) is 2.11. The van der Waals surface area contributed by atoms with E-state index in [9.17, 15) is 19.7 Å². The Kier molecular flexibility index (Phi) is 6.79. The Morgan fingerprint density at radius 1 is 1.07 bits per heavy atom. The van der Waals surface area contributed by atoms with Crippen LogP contribution in [0.25, 0.3) is 0 Å². The van der Waals surface area contributed by atoms with Crippen LogP contribution in [0.5, 0.6) is 0 Å². The summed E-state index contributed by atoms with van der Waals surface area (Å²) in [6, 6.07) is 13.2. The van der Waals surface area contributed by atoms with E-state index in [1.54, 1.807) is 19.1 Å². The molecule has 1 fully saturated rings. The van der Waals surface area contributed by atoms with E-state index in [-0.39, 0.29) is 29.6 Å². The van der Waals surface area contributed by atoms with E-state index >= 15 is 0 Å². The predicted molar refractivity (Wildman–Crippen MR) is 114 cm³/mol. The van der Waals surface area contributed by atoms with Crippen LogP contribution in [-0.4, -0.2) is 33.7 Å². The van der Waals surface area contributed by atoms with Crippen molar-refractivity contribution in [2.24, 2.45) is 5.73 Å². The van der Waals surface area contributed by atoms with Crippen molar-refractivity contribution < 1.29 is 14.5 Å². The molecule has 1 aliphatic rings. The molecule has 0 unspecified atom stereocenters. The number of nitrogens with one attached hydrogen (secondary N) is 1. The van der Waals surface area contributed by atoms with Crippen LogP contribution in [0.1, 0.15) is 48.5 Å². The fraction of sp³-hybridized carbons (Fsp3) is 0.364. The second-order valence-corrected chi connectivity index (χ2v) is 7.67. The molecule has 2 aromatic rings. The number of non-ortho nitro benzene ring substituents is 1. The summed E-state index contributed by atoms with van der Waals surface area (Å²) in [7, 11) is 0. The number of amides is 2. The average Bonchev–Trinajstić information content (AvgIpc) is 2.74. The van der Waals surface area contributed by atoms with Crippen LogP contribution in [0.15, 0.2) is 48.5 Å². The smallest absolute Gasteiger partial charge is 0.269 e. The summed E-state index contributed by atoms with van der Waals surface area (Å²) >= 11 is 0. The van der Waals surface area contributed by atoms with Crippen molar-refractivity contribution >= 4 is 23.2 Å². The van der Waals surface area contributed by atoms with Crippen LogP contribution < -0.4 is 11.1 Å². The average molecular weight is 410 g/mol. The lowest BCUT2D eigenvalue weighted by molar-refractivity contribution is -0.384. The van der Waals surface area contributed by atoms with Crippen LogP contribution in [0.4, 0.5) is 11.4 Å². The van der Waals surface area contributed by atoms with Crippen molar-refractivity contribution in [1.82, 2.24) is 4.90 Å². The summed E-state index contributed by atoms with van der Waals surface area (Å²) in [4.78, 5) is 36.6. The molecule has 0 bridgehead atoms. The Balaban J connectivity index is 1.61.